The normalized spacial score (nSPS) is 11.1. The molecule has 1 heterocycles. The van der Waals surface area contributed by atoms with E-state index in [0.29, 0.717) is 6.54 Å². The van der Waals surface area contributed by atoms with E-state index in [1.165, 1.54) is 16.3 Å². The molecule has 4 heteroatoms. The van der Waals surface area contributed by atoms with Crippen LogP contribution in [0.25, 0.3) is 21.3 Å². The average molecular weight is 333 g/mol. The van der Waals surface area contributed by atoms with Gasteiger partial charge in [-0.1, -0.05) is 42.5 Å². The first kappa shape index (κ1) is 12.8. The van der Waals surface area contributed by atoms with Gasteiger partial charge >= 0.3 is 0 Å². The van der Waals surface area contributed by atoms with Gasteiger partial charge in [0.1, 0.15) is 5.01 Å². The van der Waals surface area contributed by atoms with Gasteiger partial charge in [0.25, 0.3) is 0 Å². The molecule has 0 saturated heterocycles. The molecule has 0 unspecified atom stereocenters. The zero-order chi connectivity index (χ0) is 13.2. The van der Waals surface area contributed by atoms with Crippen molar-refractivity contribution in [3.05, 3.63) is 51.9 Å². The molecular formula is C15H13BrN2S. The molecule has 3 aromatic rings. The predicted octanol–water partition coefficient (Wildman–Crippen LogP) is 4.23. The summed E-state index contributed by atoms with van der Waals surface area (Å²) >= 11 is 5.25. The SMILES string of the molecule is NCCc1nc(-c2cccc3ccccc23)sc1Br. The topological polar surface area (TPSA) is 38.9 Å². The number of fused-ring (bicyclic) bond motifs is 1. The molecule has 0 atom stereocenters. The fourth-order valence-electron chi connectivity index (χ4n) is 2.15. The quantitative estimate of drug-likeness (QED) is 0.779. The summed E-state index contributed by atoms with van der Waals surface area (Å²) in [6.07, 6.45) is 0.807. The maximum Gasteiger partial charge on any atom is 0.125 e. The third-order valence-corrected chi connectivity index (χ3v) is 4.91. The highest BCUT2D eigenvalue weighted by molar-refractivity contribution is 9.11. The van der Waals surface area contributed by atoms with Crippen LogP contribution in [-0.4, -0.2) is 11.5 Å². The molecule has 0 saturated carbocycles. The van der Waals surface area contributed by atoms with Crippen LogP contribution in [-0.2, 0) is 6.42 Å². The minimum atomic E-state index is 0.622. The van der Waals surface area contributed by atoms with Crippen molar-refractivity contribution < 1.29 is 0 Å². The van der Waals surface area contributed by atoms with E-state index in [9.17, 15) is 0 Å². The van der Waals surface area contributed by atoms with Crippen LogP contribution < -0.4 is 5.73 Å². The molecule has 0 aliphatic carbocycles. The van der Waals surface area contributed by atoms with Crippen molar-refractivity contribution >= 4 is 38.0 Å². The second-order valence-electron chi connectivity index (χ2n) is 4.30. The summed E-state index contributed by atoms with van der Waals surface area (Å²) in [6, 6.07) is 14.7. The van der Waals surface area contributed by atoms with Gasteiger partial charge in [0, 0.05) is 12.0 Å². The molecule has 0 amide bonds. The Labute approximate surface area is 124 Å². The zero-order valence-electron chi connectivity index (χ0n) is 10.3. The molecule has 0 spiro atoms. The van der Waals surface area contributed by atoms with Gasteiger partial charge in [-0.25, -0.2) is 4.98 Å². The minimum Gasteiger partial charge on any atom is -0.330 e. The van der Waals surface area contributed by atoms with Gasteiger partial charge in [0.2, 0.25) is 0 Å². The molecule has 19 heavy (non-hydrogen) atoms. The lowest BCUT2D eigenvalue weighted by molar-refractivity contribution is 0.932. The van der Waals surface area contributed by atoms with Crippen LogP contribution in [0.15, 0.2) is 46.3 Å². The maximum absolute atomic E-state index is 5.61. The first-order valence-corrected chi connectivity index (χ1v) is 7.74. The molecule has 3 rings (SSSR count). The highest BCUT2D eigenvalue weighted by Gasteiger charge is 2.12. The standard InChI is InChI=1S/C15H13BrN2S/c16-14-13(8-9-17)18-15(19-14)12-7-3-5-10-4-1-2-6-11(10)12/h1-7H,8-9,17H2. The van der Waals surface area contributed by atoms with Crippen LogP contribution in [0.4, 0.5) is 0 Å². The fourth-order valence-corrected chi connectivity index (χ4v) is 3.78. The monoisotopic (exact) mass is 332 g/mol. The predicted molar refractivity (Wildman–Crippen MR) is 85.5 cm³/mol. The lowest BCUT2D eigenvalue weighted by Crippen LogP contribution is -2.03. The molecular weight excluding hydrogens is 320 g/mol. The molecule has 2 nitrogen and oxygen atoms in total. The van der Waals surface area contributed by atoms with Crippen LogP contribution >= 0.6 is 27.3 Å². The zero-order valence-corrected chi connectivity index (χ0v) is 12.7. The van der Waals surface area contributed by atoms with E-state index in [0.717, 1.165) is 20.9 Å². The molecule has 0 radical (unpaired) electrons. The summed E-state index contributed by atoms with van der Waals surface area (Å²) in [5.41, 5.74) is 7.85. The first-order chi connectivity index (χ1) is 9.29. The lowest BCUT2D eigenvalue weighted by atomic mass is 10.1. The van der Waals surface area contributed by atoms with E-state index in [1.807, 2.05) is 0 Å². The van der Waals surface area contributed by atoms with E-state index >= 15 is 0 Å². The van der Waals surface area contributed by atoms with Crippen molar-refractivity contribution in [3.8, 4) is 10.6 Å². The summed E-state index contributed by atoms with van der Waals surface area (Å²) in [5.74, 6) is 0. The van der Waals surface area contributed by atoms with Gasteiger partial charge in [0.05, 0.1) is 9.48 Å². The third kappa shape index (κ3) is 2.43. The number of thiazole rings is 1. The highest BCUT2D eigenvalue weighted by Crippen LogP contribution is 2.35. The van der Waals surface area contributed by atoms with Gasteiger partial charge in [-0.2, -0.15) is 0 Å². The van der Waals surface area contributed by atoms with Crippen LogP contribution in [0.3, 0.4) is 0 Å². The maximum atomic E-state index is 5.61. The van der Waals surface area contributed by atoms with Gasteiger partial charge in [0.15, 0.2) is 0 Å². The van der Waals surface area contributed by atoms with Crippen molar-refractivity contribution in [2.45, 2.75) is 6.42 Å². The van der Waals surface area contributed by atoms with Crippen LogP contribution in [0.1, 0.15) is 5.69 Å². The van der Waals surface area contributed by atoms with E-state index < -0.39 is 0 Å². The summed E-state index contributed by atoms with van der Waals surface area (Å²) in [5, 5.41) is 3.53. The third-order valence-electron chi connectivity index (χ3n) is 3.05. The average Bonchev–Trinajstić information content (AvgIpc) is 2.80. The lowest BCUT2D eigenvalue weighted by Gasteiger charge is -2.02. The molecule has 0 aliphatic rings. The van der Waals surface area contributed by atoms with Crippen molar-refractivity contribution in [2.75, 3.05) is 6.54 Å². The summed E-state index contributed by atoms with van der Waals surface area (Å²) in [7, 11) is 0. The molecule has 0 fully saturated rings. The molecule has 2 aromatic carbocycles. The van der Waals surface area contributed by atoms with Gasteiger partial charge < -0.3 is 5.73 Å². The molecule has 1 aromatic heterocycles. The van der Waals surface area contributed by atoms with Gasteiger partial charge in [-0.15, -0.1) is 11.3 Å². The Morgan fingerprint density at radius 1 is 1.11 bits per heavy atom. The number of halogens is 1. The molecule has 0 bridgehead atoms. The van der Waals surface area contributed by atoms with Crippen LogP contribution in [0.2, 0.25) is 0 Å². The van der Waals surface area contributed by atoms with Crippen molar-refractivity contribution in [1.82, 2.24) is 4.98 Å². The molecule has 2 N–H and O–H groups in total. The Hall–Kier alpha value is -1.23. The Morgan fingerprint density at radius 2 is 1.89 bits per heavy atom. The van der Waals surface area contributed by atoms with Crippen LogP contribution in [0.5, 0.6) is 0 Å². The Bertz CT molecular complexity index is 716. The fraction of sp³-hybridized carbons (Fsp3) is 0.133. The Morgan fingerprint density at radius 3 is 2.74 bits per heavy atom. The number of nitrogens with two attached hydrogens (primary N) is 1. The van der Waals surface area contributed by atoms with E-state index in [2.05, 4.69) is 58.4 Å². The number of hydrogen-bond donors (Lipinski definition) is 1. The number of rotatable bonds is 3. The highest BCUT2D eigenvalue weighted by atomic mass is 79.9. The second kappa shape index (κ2) is 5.41. The van der Waals surface area contributed by atoms with Gasteiger partial charge in [-0.05, 0) is 33.2 Å². The second-order valence-corrected chi connectivity index (χ2v) is 6.62. The van der Waals surface area contributed by atoms with E-state index in [1.54, 1.807) is 11.3 Å². The van der Waals surface area contributed by atoms with Crippen LogP contribution in [0, 0.1) is 0 Å². The number of hydrogen-bond acceptors (Lipinski definition) is 3. The first-order valence-electron chi connectivity index (χ1n) is 6.13. The van der Waals surface area contributed by atoms with E-state index in [4.69, 9.17) is 10.7 Å². The smallest absolute Gasteiger partial charge is 0.125 e. The minimum absolute atomic E-state index is 0.622. The number of benzene rings is 2. The largest absolute Gasteiger partial charge is 0.330 e. The van der Waals surface area contributed by atoms with Crippen molar-refractivity contribution in [1.29, 1.82) is 0 Å². The molecule has 0 aliphatic heterocycles. The van der Waals surface area contributed by atoms with Gasteiger partial charge in [-0.3, -0.25) is 0 Å². The number of aromatic nitrogens is 1. The Balaban J connectivity index is 2.16. The van der Waals surface area contributed by atoms with E-state index in [-0.39, 0.29) is 0 Å². The van der Waals surface area contributed by atoms with Crippen molar-refractivity contribution in [2.24, 2.45) is 5.73 Å². The summed E-state index contributed by atoms with van der Waals surface area (Å²) in [4.78, 5) is 4.71. The number of nitrogens with zero attached hydrogens (tertiary/aromatic N) is 1. The van der Waals surface area contributed by atoms with Crippen molar-refractivity contribution in [3.63, 3.8) is 0 Å². The summed E-state index contributed by atoms with van der Waals surface area (Å²) in [6.45, 7) is 0.622. The molecule has 96 valence electrons. The Kier molecular flexibility index (Phi) is 3.64. The summed E-state index contributed by atoms with van der Waals surface area (Å²) < 4.78 is 1.08.